The van der Waals surface area contributed by atoms with Crippen molar-refractivity contribution < 1.29 is 33.3 Å². The summed E-state index contributed by atoms with van der Waals surface area (Å²) in [6.07, 6.45) is 6.70. The number of hydrogen-bond acceptors (Lipinski definition) is 7. The third-order valence-corrected chi connectivity index (χ3v) is 3.80. The van der Waals surface area contributed by atoms with E-state index >= 15 is 0 Å². The average molecular weight is 382 g/mol. The lowest BCUT2D eigenvalue weighted by atomic mass is 10.1. The summed E-state index contributed by atoms with van der Waals surface area (Å²) in [5.74, 6) is -0.267. The molecule has 1 rings (SSSR count). The Morgan fingerprint density at radius 1 is 0.852 bits per heavy atom. The monoisotopic (exact) mass is 382 g/mol. The molecule has 0 aliphatic rings. The van der Waals surface area contributed by atoms with Crippen LogP contribution in [-0.4, -0.2) is 46.0 Å². The minimum atomic E-state index is -0.665. The summed E-state index contributed by atoms with van der Waals surface area (Å²) in [6.45, 7) is 1.86. The zero-order chi connectivity index (χ0) is 19.9. The summed E-state index contributed by atoms with van der Waals surface area (Å²) in [7, 11) is 2.92. The molecule has 0 unspecified atom stereocenters. The van der Waals surface area contributed by atoms with E-state index in [1.807, 2.05) is 0 Å². The maximum Gasteiger partial charge on any atom is 0.337 e. The SMILES string of the molecule is CCCCCCCCOC(=O)COCC(=O)Oc1c(OC)cccc1OC. The van der Waals surface area contributed by atoms with Gasteiger partial charge in [0, 0.05) is 0 Å². The van der Waals surface area contributed by atoms with Gasteiger partial charge in [-0.3, -0.25) is 0 Å². The first-order valence-corrected chi connectivity index (χ1v) is 9.27. The molecule has 0 heterocycles. The van der Waals surface area contributed by atoms with Gasteiger partial charge in [0.1, 0.15) is 13.2 Å². The van der Waals surface area contributed by atoms with Gasteiger partial charge in [-0.15, -0.1) is 0 Å². The second-order valence-corrected chi connectivity index (χ2v) is 5.95. The highest BCUT2D eigenvalue weighted by atomic mass is 16.6. The first-order chi connectivity index (χ1) is 13.1. The van der Waals surface area contributed by atoms with E-state index in [9.17, 15) is 9.59 Å². The Morgan fingerprint density at radius 3 is 2.07 bits per heavy atom. The van der Waals surface area contributed by atoms with Crippen LogP contribution in [-0.2, 0) is 19.1 Å². The van der Waals surface area contributed by atoms with Gasteiger partial charge in [-0.05, 0) is 18.6 Å². The van der Waals surface area contributed by atoms with E-state index in [0.29, 0.717) is 18.1 Å². The number of rotatable bonds is 14. The number of methoxy groups -OCH3 is 2. The minimum absolute atomic E-state index is 0.168. The molecule has 0 aliphatic carbocycles. The van der Waals surface area contributed by atoms with Gasteiger partial charge >= 0.3 is 11.9 Å². The van der Waals surface area contributed by atoms with E-state index in [0.717, 1.165) is 19.3 Å². The van der Waals surface area contributed by atoms with Crippen LogP contribution in [0.1, 0.15) is 45.4 Å². The van der Waals surface area contributed by atoms with Crippen molar-refractivity contribution in [2.75, 3.05) is 34.0 Å². The molecule has 0 aromatic heterocycles. The molecule has 1 aromatic carbocycles. The third kappa shape index (κ3) is 9.28. The summed E-state index contributed by atoms with van der Waals surface area (Å²) >= 11 is 0. The molecular weight excluding hydrogens is 352 g/mol. The molecule has 152 valence electrons. The van der Waals surface area contributed by atoms with E-state index < -0.39 is 11.9 Å². The van der Waals surface area contributed by atoms with Crippen molar-refractivity contribution in [1.29, 1.82) is 0 Å². The van der Waals surface area contributed by atoms with Crippen molar-refractivity contribution >= 4 is 11.9 Å². The molecule has 7 heteroatoms. The number of ether oxygens (including phenoxy) is 5. The van der Waals surface area contributed by atoms with E-state index in [2.05, 4.69) is 6.92 Å². The van der Waals surface area contributed by atoms with Gasteiger partial charge in [-0.25, -0.2) is 9.59 Å². The van der Waals surface area contributed by atoms with Gasteiger partial charge in [-0.2, -0.15) is 0 Å². The van der Waals surface area contributed by atoms with Crippen molar-refractivity contribution in [3.8, 4) is 17.2 Å². The predicted octanol–water partition coefficient (Wildman–Crippen LogP) is 3.53. The van der Waals surface area contributed by atoms with Crippen LogP contribution < -0.4 is 14.2 Å². The Hall–Kier alpha value is -2.28. The molecule has 0 atom stereocenters. The fourth-order valence-electron chi connectivity index (χ4n) is 2.39. The Bertz CT molecular complexity index is 549. The summed E-state index contributed by atoms with van der Waals surface area (Å²) in [4.78, 5) is 23.5. The highest BCUT2D eigenvalue weighted by Crippen LogP contribution is 2.36. The van der Waals surface area contributed by atoms with Crippen LogP contribution in [0.3, 0.4) is 0 Å². The Kier molecular flexibility index (Phi) is 11.7. The fraction of sp³-hybridized carbons (Fsp3) is 0.600. The molecule has 0 spiro atoms. The number of carbonyl (C=O) groups is 2. The highest BCUT2D eigenvalue weighted by molar-refractivity contribution is 5.76. The summed E-state index contributed by atoms with van der Waals surface area (Å²) in [5, 5.41) is 0. The number of unbranched alkanes of at least 4 members (excludes halogenated alkanes) is 5. The van der Waals surface area contributed by atoms with Crippen molar-refractivity contribution in [2.45, 2.75) is 45.4 Å². The number of hydrogen-bond donors (Lipinski definition) is 0. The molecule has 0 bridgehead atoms. The first kappa shape index (κ1) is 22.8. The van der Waals surface area contributed by atoms with Crippen molar-refractivity contribution in [3.63, 3.8) is 0 Å². The van der Waals surface area contributed by atoms with E-state index in [1.165, 1.54) is 33.5 Å². The highest BCUT2D eigenvalue weighted by Gasteiger charge is 2.16. The van der Waals surface area contributed by atoms with Crippen LogP contribution in [0.15, 0.2) is 18.2 Å². The lowest BCUT2D eigenvalue weighted by molar-refractivity contribution is -0.152. The molecule has 0 aliphatic heterocycles. The largest absolute Gasteiger partial charge is 0.493 e. The van der Waals surface area contributed by atoms with Crippen LogP contribution in [0, 0.1) is 0 Å². The van der Waals surface area contributed by atoms with Crippen LogP contribution in [0.2, 0.25) is 0 Å². The predicted molar refractivity (Wildman–Crippen MR) is 100 cm³/mol. The number of para-hydroxylation sites is 1. The molecule has 7 nitrogen and oxygen atoms in total. The first-order valence-electron chi connectivity index (χ1n) is 9.27. The molecule has 1 aromatic rings. The average Bonchev–Trinajstić information content (AvgIpc) is 2.67. The zero-order valence-electron chi connectivity index (χ0n) is 16.5. The summed E-state index contributed by atoms with van der Waals surface area (Å²) in [5.41, 5.74) is 0. The number of benzene rings is 1. The molecule has 0 saturated carbocycles. The minimum Gasteiger partial charge on any atom is -0.493 e. The van der Waals surface area contributed by atoms with Crippen LogP contribution in [0.4, 0.5) is 0 Å². The smallest absolute Gasteiger partial charge is 0.337 e. The molecule has 0 amide bonds. The van der Waals surface area contributed by atoms with Gasteiger partial charge in [0.15, 0.2) is 11.5 Å². The molecule has 0 radical (unpaired) electrons. The van der Waals surface area contributed by atoms with E-state index in [4.69, 9.17) is 23.7 Å². The van der Waals surface area contributed by atoms with Crippen molar-refractivity contribution in [2.24, 2.45) is 0 Å². The zero-order valence-corrected chi connectivity index (χ0v) is 16.5. The lowest BCUT2D eigenvalue weighted by Gasteiger charge is -2.12. The van der Waals surface area contributed by atoms with Crippen molar-refractivity contribution in [1.82, 2.24) is 0 Å². The normalized spacial score (nSPS) is 10.3. The third-order valence-electron chi connectivity index (χ3n) is 3.80. The fourth-order valence-corrected chi connectivity index (χ4v) is 2.39. The summed E-state index contributed by atoms with van der Waals surface area (Å²) in [6, 6.07) is 5.00. The maximum absolute atomic E-state index is 11.9. The molecule has 27 heavy (non-hydrogen) atoms. The van der Waals surface area contributed by atoms with E-state index in [1.54, 1.807) is 18.2 Å². The second-order valence-electron chi connectivity index (χ2n) is 5.95. The molecule has 0 saturated heterocycles. The second kappa shape index (κ2) is 13.9. The molecule has 0 fully saturated rings. The number of carbonyl (C=O) groups excluding carboxylic acids is 2. The van der Waals surface area contributed by atoms with Crippen molar-refractivity contribution in [3.05, 3.63) is 18.2 Å². The quantitative estimate of drug-likeness (QED) is 0.277. The standard InChI is InChI=1S/C20H30O7/c1-4-5-6-7-8-9-13-26-18(21)14-25-15-19(22)27-20-16(23-2)11-10-12-17(20)24-3/h10-12H,4-9,13-15H2,1-3H3. The molecular formula is C20H30O7. The lowest BCUT2D eigenvalue weighted by Crippen LogP contribution is -2.20. The Morgan fingerprint density at radius 2 is 1.44 bits per heavy atom. The Balaban J connectivity index is 2.23. The van der Waals surface area contributed by atoms with E-state index in [-0.39, 0.29) is 19.0 Å². The molecule has 0 N–H and O–H groups in total. The van der Waals surface area contributed by atoms with Crippen LogP contribution in [0.5, 0.6) is 17.2 Å². The van der Waals surface area contributed by atoms with Gasteiger partial charge in [0.25, 0.3) is 0 Å². The van der Waals surface area contributed by atoms with Gasteiger partial charge < -0.3 is 23.7 Å². The van der Waals surface area contributed by atoms with Crippen LogP contribution >= 0.6 is 0 Å². The van der Waals surface area contributed by atoms with Gasteiger partial charge in [0.2, 0.25) is 5.75 Å². The maximum atomic E-state index is 11.9. The van der Waals surface area contributed by atoms with Gasteiger partial charge in [0.05, 0.1) is 20.8 Å². The van der Waals surface area contributed by atoms with Gasteiger partial charge in [-0.1, -0.05) is 45.1 Å². The van der Waals surface area contributed by atoms with Crippen LogP contribution in [0.25, 0.3) is 0 Å². The topological polar surface area (TPSA) is 80.3 Å². The summed E-state index contributed by atoms with van der Waals surface area (Å²) < 4.78 is 25.6. The Labute approximate surface area is 160 Å². The number of esters is 2.